The Bertz CT molecular complexity index is 1040. The van der Waals surface area contributed by atoms with E-state index in [0.717, 1.165) is 16.5 Å². The maximum atomic E-state index is 12.4. The largest absolute Gasteiger partial charge is 0.343 e. The van der Waals surface area contributed by atoms with Crippen LogP contribution in [0.15, 0.2) is 65.6 Å². The molecule has 0 aliphatic carbocycles. The smallest absolute Gasteiger partial charge is 0.249 e. The van der Waals surface area contributed by atoms with Gasteiger partial charge in [0.25, 0.3) is 0 Å². The Labute approximate surface area is 149 Å². The maximum Gasteiger partial charge on any atom is 0.249 e. The quantitative estimate of drug-likeness (QED) is 0.600. The van der Waals surface area contributed by atoms with Crippen molar-refractivity contribution >= 4 is 16.8 Å². The molecule has 1 unspecified atom stereocenters. The average molecular weight is 347 g/mol. The zero-order valence-electron chi connectivity index (χ0n) is 14.2. The first-order valence-electron chi connectivity index (χ1n) is 8.28. The lowest BCUT2D eigenvalue weighted by atomic mass is 10.2. The first kappa shape index (κ1) is 16.0. The second-order valence-electron chi connectivity index (χ2n) is 5.98. The molecular weight excluding hydrogens is 330 g/mol. The summed E-state index contributed by atoms with van der Waals surface area (Å²) in [7, 11) is 0. The summed E-state index contributed by atoms with van der Waals surface area (Å²) in [6.45, 7) is 2.04. The lowest BCUT2D eigenvalue weighted by Gasteiger charge is -2.11. The monoisotopic (exact) mass is 347 g/mol. The fraction of sp³-hybridized carbons (Fsp3) is 0.158. The molecule has 0 fully saturated rings. The van der Waals surface area contributed by atoms with Crippen molar-refractivity contribution < 1.29 is 9.32 Å². The molecule has 3 heterocycles. The van der Waals surface area contributed by atoms with Crippen LogP contribution in [0.5, 0.6) is 0 Å². The second-order valence-corrected chi connectivity index (χ2v) is 5.98. The van der Waals surface area contributed by atoms with Crippen molar-refractivity contribution in [1.29, 1.82) is 0 Å². The SMILES string of the molecule is CC(NC(=O)Cn1ccc2ccccc21)c1nc(-c2ccncc2)no1. The third-order valence-electron chi connectivity index (χ3n) is 4.12. The van der Waals surface area contributed by atoms with E-state index in [1.54, 1.807) is 24.5 Å². The summed E-state index contributed by atoms with van der Waals surface area (Å²) < 4.78 is 7.19. The van der Waals surface area contributed by atoms with Gasteiger partial charge in [0.05, 0.1) is 0 Å². The minimum atomic E-state index is -0.382. The number of para-hydroxylation sites is 1. The van der Waals surface area contributed by atoms with Gasteiger partial charge in [0.15, 0.2) is 0 Å². The Morgan fingerprint density at radius 3 is 2.85 bits per heavy atom. The van der Waals surface area contributed by atoms with Crippen LogP contribution in [0.25, 0.3) is 22.3 Å². The number of rotatable bonds is 5. The fourth-order valence-corrected chi connectivity index (χ4v) is 2.81. The van der Waals surface area contributed by atoms with Crippen molar-refractivity contribution in [2.45, 2.75) is 19.5 Å². The predicted octanol–water partition coefficient (Wildman–Crippen LogP) is 2.96. The van der Waals surface area contributed by atoms with Crippen molar-refractivity contribution in [2.24, 2.45) is 0 Å². The van der Waals surface area contributed by atoms with Gasteiger partial charge in [-0.05, 0) is 36.6 Å². The summed E-state index contributed by atoms with van der Waals surface area (Å²) in [5, 5.41) is 7.96. The van der Waals surface area contributed by atoms with E-state index in [1.165, 1.54) is 0 Å². The summed E-state index contributed by atoms with van der Waals surface area (Å²) in [5.41, 5.74) is 1.83. The van der Waals surface area contributed by atoms with Gasteiger partial charge in [0, 0.05) is 29.7 Å². The molecule has 1 aromatic carbocycles. The van der Waals surface area contributed by atoms with Crippen LogP contribution in [0.3, 0.4) is 0 Å². The maximum absolute atomic E-state index is 12.4. The number of hydrogen-bond acceptors (Lipinski definition) is 5. The highest BCUT2D eigenvalue weighted by atomic mass is 16.5. The molecule has 0 bridgehead atoms. The minimum absolute atomic E-state index is 0.123. The van der Waals surface area contributed by atoms with E-state index in [-0.39, 0.29) is 18.5 Å². The Morgan fingerprint density at radius 1 is 1.19 bits per heavy atom. The van der Waals surface area contributed by atoms with Gasteiger partial charge in [-0.15, -0.1) is 0 Å². The molecule has 1 amide bonds. The topological polar surface area (TPSA) is 85.8 Å². The van der Waals surface area contributed by atoms with Crippen molar-refractivity contribution in [3.63, 3.8) is 0 Å². The number of carbonyl (C=O) groups is 1. The van der Waals surface area contributed by atoms with Gasteiger partial charge in [-0.1, -0.05) is 23.4 Å². The summed E-state index contributed by atoms with van der Waals surface area (Å²) in [4.78, 5) is 20.7. The van der Waals surface area contributed by atoms with Crippen molar-refractivity contribution in [1.82, 2.24) is 25.0 Å². The Hall–Kier alpha value is -3.48. The van der Waals surface area contributed by atoms with Gasteiger partial charge in [-0.3, -0.25) is 9.78 Å². The van der Waals surface area contributed by atoms with Crippen LogP contribution in [-0.4, -0.2) is 25.6 Å². The van der Waals surface area contributed by atoms with E-state index in [4.69, 9.17) is 4.52 Å². The van der Waals surface area contributed by atoms with Crippen molar-refractivity contribution in [3.8, 4) is 11.4 Å². The summed E-state index contributed by atoms with van der Waals surface area (Å²) in [6, 6.07) is 13.2. The predicted molar refractivity (Wildman–Crippen MR) is 96.0 cm³/mol. The highest BCUT2D eigenvalue weighted by Crippen LogP contribution is 2.18. The number of pyridine rings is 1. The first-order valence-corrected chi connectivity index (χ1v) is 8.28. The number of aromatic nitrogens is 4. The molecule has 0 saturated heterocycles. The molecule has 7 nitrogen and oxygen atoms in total. The molecular formula is C19H17N5O2. The molecule has 1 N–H and O–H groups in total. The molecule has 130 valence electrons. The molecule has 26 heavy (non-hydrogen) atoms. The van der Waals surface area contributed by atoms with Gasteiger partial charge in [-0.2, -0.15) is 4.98 Å². The van der Waals surface area contributed by atoms with Crippen LogP contribution in [0.1, 0.15) is 18.9 Å². The molecule has 0 aliphatic heterocycles. The molecule has 0 saturated carbocycles. The normalized spacial score (nSPS) is 12.2. The summed E-state index contributed by atoms with van der Waals surface area (Å²) in [6.07, 6.45) is 5.24. The second kappa shape index (κ2) is 6.79. The van der Waals surface area contributed by atoms with Crippen molar-refractivity contribution in [3.05, 3.63) is 66.9 Å². The molecule has 4 rings (SSSR count). The molecule has 0 spiro atoms. The van der Waals surface area contributed by atoms with E-state index in [1.807, 2.05) is 48.0 Å². The molecule has 4 aromatic rings. The van der Waals surface area contributed by atoms with E-state index < -0.39 is 0 Å². The summed E-state index contributed by atoms with van der Waals surface area (Å²) in [5.74, 6) is 0.713. The van der Waals surface area contributed by atoms with Crippen molar-refractivity contribution in [2.75, 3.05) is 0 Å². The van der Waals surface area contributed by atoms with E-state index in [2.05, 4.69) is 20.4 Å². The minimum Gasteiger partial charge on any atom is -0.343 e. The van der Waals surface area contributed by atoms with E-state index >= 15 is 0 Å². The Morgan fingerprint density at radius 2 is 2.00 bits per heavy atom. The number of amides is 1. The van der Waals surface area contributed by atoms with Gasteiger partial charge < -0.3 is 14.4 Å². The highest BCUT2D eigenvalue weighted by molar-refractivity contribution is 5.83. The number of nitrogens with one attached hydrogen (secondary N) is 1. The number of nitrogens with zero attached hydrogens (tertiary/aromatic N) is 4. The van der Waals surface area contributed by atoms with Crippen LogP contribution >= 0.6 is 0 Å². The van der Waals surface area contributed by atoms with Crippen LogP contribution in [-0.2, 0) is 11.3 Å². The van der Waals surface area contributed by atoms with Gasteiger partial charge in [0.1, 0.15) is 12.6 Å². The van der Waals surface area contributed by atoms with Gasteiger partial charge in [-0.25, -0.2) is 0 Å². The van der Waals surface area contributed by atoms with E-state index in [0.29, 0.717) is 11.7 Å². The molecule has 3 aromatic heterocycles. The number of fused-ring (bicyclic) bond motifs is 1. The van der Waals surface area contributed by atoms with E-state index in [9.17, 15) is 4.79 Å². The van der Waals surface area contributed by atoms with Crippen LogP contribution < -0.4 is 5.32 Å². The van der Waals surface area contributed by atoms with Crippen LogP contribution in [0.2, 0.25) is 0 Å². The number of hydrogen-bond donors (Lipinski definition) is 1. The lowest BCUT2D eigenvalue weighted by Crippen LogP contribution is -2.30. The average Bonchev–Trinajstić information content (AvgIpc) is 3.30. The molecule has 0 aliphatic rings. The zero-order valence-corrected chi connectivity index (χ0v) is 14.2. The fourth-order valence-electron chi connectivity index (χ4n) is 2.81. The molecule has 7 heteroatoms. The number of benzene rings is 1. The molecule has 1 atom stereocenters. The van der Waals surface area contributed by atoms with Crippen LogP contribution in [0.4, 0.5) is 0 Å². The third kappa shape index (κ3) is 3.19. The van der Waals surface area contributed by atoms with Gasteiger partial charge >= 0.3 is 0 Å². The Kier molecular flexibility index (Phi) is 4.18. The molecule has 0 radical (unpaired) electrons. The third-order valence-corrected chi connectivity index (χ3v) is 4.12. The number of carbonyl (C=O) groups excluding carboxylic acids is 1. The Balaban J connectivity index is 1.44. The highest BCUT2D eigenvalue weighted by Gasteiger charge is 2.17. The van der Waals surface area contributed by atoms with Gasteiger partial charge in [0.2, 0.25) is 17.6 Å². The van der Waals surface area contributed by atoms with Crippen LogP contribution in [0, 0.1) is 0 Å². The first-order chi connectivity index (χ1) is 12.7. The lowest BCUT2D eigenvalue weighted by molar-refractivity contribution is -0.122. The summed E-state index contributed by atoms with van der Waals surface area (Å²) >= 11 is 0. The standard InChI is InChI=1S/C19H17N5O2/c1-13(19-22-18(23-26-19)15-6-9-20-10-7-15)21-17(25)12-24-11-8-14-4-2-3-5-16(14)24/h2-11,13H,12H2,1H3,(H,21,25). The zero-order chi connectivity index (χ0) is 17.9.